The largest absolute Gasteiger partial charge is 0.334 e. The molecule has 0 aromatic heterocycles. The third-order valence-corrected chi connectivity index (χ3v) is 5.55. The summed E-state index contributed by atoms with van der Waals surface area (Å²) in [4.78, 5) is 14.5. The molecule has 1 aliphatic carbocycles. The van der Waals surface area contributed by atoms with Gasteiger partial charge in [-0.05, 0) is 74.2 Å². The molecule has 4 rings (SSSR count). The van der Waals surface area contributed by atoms with Gasteiger partial charge in [0.05, 0.1) is 10.6 Å². The van der Waals surface area contributed by atoms with Crippen molar-refractivity contribution in [3.8, 4) is 0 Å². The molecule has 1 N–H and O–H groups in total. The average Bonchev–Trinajstić information content (AvgIpc) is 3.25. The second-order valence-corrected chi connectivity index (χ2v) is 7.55. The first-order chi connectivity index (χ1) is 10.7. The first kappa shape index (κ1) is 14.5. The Morgan fingerprint density at radius 3 is 2.64 bits per heavy atom. The molecule has 3 nitrogen and oxygen atoms in total. The first-order valence-corrected chi connectivity index (χ1v) is 8.90. The molecule has 2 fully saturated rings. The number of nitrogens with zero attached hydrogens (tertiary/aromatic N) is 1. The van der Waals surface area contributed by atoms with E-state index in [0.717, 1.165) is 55.6 Å². The highest BCUT2D eigenvalue weighted by Crippen LogP contribution is 2.36. The van der Waals surface area contributed by atoms with Crippen molar-refractivity contribution in [3.05, 3.63) is 33.8 Å². The molecule has 1 saturated heterocycles. The summed E-state index contributed by atoms with van der Waals surface area (Å²) in [5.74, 6) is 1.61. The van der Waals surface area contributed by atoms with Crippen LogP contribution in [-0.4, -0.2) is 30.4 Å². The monoisotopic (exact) mass is 318 g/mol. The van der Waals surface area contributed by atoms with Crippen LogP contribution in [0, 0.1) is 11.8 Å². The lowest BCUT2D eigenvalue weighted by Gasteiger charge is -2.22. The first-order valence-electron chi connectivity index (χ1n) is 8.52. The number of fused-ring (bicyclic) bond motifs is 1. The molecule has 0 radical (unpaired) electrons. The highest BCUT2D eigenvalue weighted by Gasteiger charge is 2.34. The molecule has 3 aliphatic rings. The summed E-state index contributed by atoms with van der Waals surface area (Å²) in [6, 6.07) is 4.26. The maximum Gasteiger partial charge on any atom is 0.256 e. The summed E-state index contributed by atoms with van der Waals surface area (Å²) in [7, 11) is 0. The van der Waals surface area contributed by atoms with Crippen molar-refractivity contribution >= 4 is 17.5 Å². The molecule has 2 aliphatic heterocycles. The van der Waals surface area contributed by atoms with E-state index < -0.39 is 0 Å². The van der Waals surface area contributed by atoms with Crippen molar-refractivity contribution in [1.29, 1.82) is 0 Å². The smallest absolute Gasteiger partial charge is 0.256 e. The maximum absolute atomic E-state index is 12.5. The fraction of sp³-hybridized carbons (Fsp3) is 0.611. The van der Waals surface area contributed by atoms with Crippen LogP contribution < -0.4 is 5.32 Å². The molecule has 0 bridgehead atoms. The molecule has 0 unspecified atom stereocenters. The van der Waals surface area contributed by atoms with Crippen LogP contribution in [0.4, 0.5) is 0 Å². The summed E-state index contributed by atoms with van der Waals surface area (Å²) < 4.78 is 0. The van der Waals surface area contributed by atoms with Gasteiger partial charge in [-0.2, -0.15) is 0 Å². The number of hydrogen-bond donors (Lipinski definition) is 1. The van der Waals surface area contributed by atoms with Crippen molar-refractivity contribution < 1.29 is 4.79 Å². The van der Waals surface area contributed by atoms with Crippen LogP contribution in [-0.2, 0) is 13.0 Å². The van der Waals surface area contributed by atoms with Crippen molar-refractivity contribution in [2.24, 2.45) is 11.8 Å². The van der Waals surface area contributed by atoms with Crippen molar-refractivity contribution in [1.82, 2.24) is 10.2 Å². The molecule has 2 heterocycles. The number of rotatable bonds is 4. The zero-order valence-corrected chi connectivity index (χ0v) is 13.7. The minimum atomic E-state index is 0.139. The molecule has 0 spiro atoms. The lowest BCUT2D eigenvalue weighted by Crippen LogP contribution is -2.28. The minimum Gasteiger partial charge on any atom is -0.334 e. The SMILES string of the molecule is O=C1c2c(Cl)cc(CC3CCNCC3)cc2CN1CC1CC1. The summed E-state index contributed by atoms with van der Waals surface area (Å²) in [6.45, 7) is 3.91. The Morgan fingerprint density at radius 2 is 1.91 bits per heavy atom. The molecular weight excluding hydrogens is 296 g/mol. The molecule has 1 aromatic rings. The van der Waals surface area contributed by atoms with Gasteiger partial charge in [0.2, 0.25) is 0 Å². The molecule has 118 valence electrons. The average molecular weight is 319 g/mol. The van der Waals surface area contributed by atoms with Crippen molar-refractivity contribution in [3.63, 3.8) is 0 Å². The highest BCUT2D eigenvalue weighted by molar-refractivity contribution is 6.34. The van der Waals surface area contributed by atoms with Gasteiger partial charge in [-0.3, -0.25) is 4.79 Å². The number of benzene rings is 1. The van der Waals surface area contributed by atoms with E-state index in [9.17, 15) is 4.79 Å². The number of halogens is 1. The number of nitrogens with one attached hydrogen (secondary N) is 1. The summed E-state index contributed by atoms with van der Waals surface area (Å²) >= 11 is 6.44. The molecule has 1 saturated carbocycles. The molecule has 4 heteroatoms. The normalized spacial score (nSPS) is 22.2. The van der Waals surface area contributed by atoms with E-state index in [1.54, 1.807) is 0 Å². The van der Waals surface area contributed by atoms with Gasteiger partial charge < -0.3 is 10.2 Å². The third kappa shape index (κ3) is 2.89. The van der Waals surface area contributed by atoms with Crippen LogP contribution in [0.1, 0.15) is 47.2 Å². The van der Waals surface area contributed by atoms with Crippen molar-refractivity contribution in [2.45, 2.75) is 38.6 Å². The van der Waals surface area contributed by atoms with E-state index in [4.69, 9.17) is 11.6 Å². The van der Waals surface area contributed by atoms with Gasteiger partial charge in [0.1, 0.15) is 0 Å². The molecule has 22 heavy (non-hydrogen) atoms. The van der Waals surface area contributed by atoms with Gasteiger partial charge in [-0.1, -0.05) is 17.7 Å². The number of carbonyl (C=O) groups is 1. The van der Waals surface area contributed by atoms with E-state index in [2.05, 4.69) is 11.4 Å². The second kappa shape index (κ2) is 5.86. The van der Waals surface area contributed by atoms with Gasteiger partial charge in [0.25, 0.3) is 5.91 Å². The predicted molar refractivity (Wildman–Crippen MR) is 88.2 cm³/mol. The van der Waals surface area contributed by atoms with E-state index in [1.807, 2.05) is 11.0 Å². The van der Waals surface area contributed by atoms with Gasteiger partial charge in [-0.15, -0.1) is 0 Å². The molecule has 1 amide bonds. The molecule has 0 atom stereocenters. The van der Waals surface area contributed by atoms with Crippen molar-refractivity contribution in [2.75, 3.05) is 19.6 Å². The fourth-order valence-electron chi connectivity index (χ4n) is 3.82. The molecular formula is C18H23ClN2O. The van der Waals surface area contributed by atoms with Crippen LogP contribution >= 0.6 is 11.6 Å². The van der Waals surface area contributed by atoms with Crippen LogP contribution in [0.15, 0.2) is 12.1 Å². The standard InChI is InChI=1S/C18H23ClN2O/c19-16-9-14(7-12-3-5-20-6-4-12)8-15-11-21(10-13-1-2-13)18(22)17(15)16/h8-9,12-13,20H,1-7,10-11H2. The van der Waals surface area contributed by atoms with E-state index >= 15 is 0 Å². The Morgan fingerprint density at radius 1 is 1.14 bits per heavy atom. The predicted octanol–water partition coefficient (Wildman–Crippen LogP) is 3.25. The van der Waals surface area contributed by atoms with Gasteiger partial charge in [-0.25, -0.2) is 0 Å². The van der Waals surface area contributed by atoms with Gasteiger partial charge in [0.15, 0.2) is 0 Å². The second-order valence-electron chi connectivity index (χ2n) is 7.14. The van der Waals surface area contributed by atoms with E-state index in [1.165, 1.54) is 31.2 Å². The zero-order valence-electron chi connectivity index (χ0n) is 12.9. The molecule has 1 aromatic carbocycles. The Bertz CT molecular complexity index is 591. The summed E-state index contributed by atoms with van der Waals surface area (Å²) in [6.07, 6.45) is 6.11. The lowest BCUT2D eigenvalue weighted by atomic mass is 9.90. The van der Waals surface area contributed by atoms with Crippen LogP contribution in [0.5, 0.6) is 0 Å². The van der Waals surface area contributed by atoms with Crippen LogP contribution in [0.25, 0.3) is 0 Å². The number of amides is 1. The maximum atomic E-state index is 12.5. The topological polar surface area (TPSA) is 32.3 Å². The van der Waals surface area contributed by atoms with Gasteiger partial charge in [0, 0.05) is 13.1 Å². The van der Waals surface area contributed by atoms with Crippen LogP contribution in [0.3, 0.4) is 0 Å². The highest BCUT2D eigenvalue weighted by atomic mass is 35.5. The Kier molecular flexibility index (Phi) is 3.87. The van der Waals surface area contributed by atoms with Crippen LogP contribution in [0.2, 0.25) is 5.02 Å². The minimum absolute atomic E-state index is 0.139. The number of piperidine rings is 1. The van der Waals surface area contributed by atoms with E-state index in [0.29, 0.717) is 5.02 Å². The summed E-state index contributed by atoms with van der Waals surface area (Å²) in [5, 5.41) is 4.07. The zero-order chi connectivity index (χ0) is 15.1. The number of hydrogen-bond acceptors (Lipinski definition) is 2. The van der Waals surface area contributed by atoms with E-state index in [-0.39, 0.29) is 5.91 Å². The summed E-state index contributed by atoms with van der Waals surface area (Å²) in [5.41, 5.74) is 3.20. The number of carbonyl (C=O) groups excluding carboxylic acids is 1. The Hall–Kier alpha value is -1.06. The third-order valence-electron chi connectivity index (χ3n) is 5.25. The quantitative estimate of drug-likeness (QED) is 0.924. The Labute approximate surface area is 137 Å². The Balaban J connectivity index is 1.52. The lowest BCUT2D eigenvalue weighted by molar-refractivity contribution is 0.0771. The fourth-order valence-corrected chi connectivity index (χ4v) is 4.16. The van der Waals surface area contributed by atoms with Gasteiger partial charge >= 0.3 is 0 Å².